The maximum Gasteiger partial charge on any atom is 0.311 e. The number of rotatable bonds is 3. The van der Waals surface area contributed by atoms with E-state index in [2.05, 4.69) is 9.97 Å². The first kappa shape index (κ1) is 10.7. The number of carbonyl (C=O) groups is 1. The molecular formula is C8H10ClN3O2. The van der Waals surface area contributed by atoms with Crippen LogP contribution in [0.1, 0.15) is 12.6 Å². The number of nitrogen functional groups attached to an aromatic ring is 1. The minimum absolute atomic E-state index is 0.0526. The molecule has 0 amide bonds. The molecule has 0 aliphatic heterocycles. The van der Waals surface area contributed by atoms with E-state index in [9.17, 15) is 4.79 Å². The van der Waals surface area contributed by atoms with Gasteiger partial charge in [0.25, 0.3) is 0 Å². The molecule has 0 bridgehead atoms. The number of esters is 1. The van der Waals surface area contributed by atoms with Gasteiger partial charge in [-0.25, -0.2) is 9.97 Å². The molecule has 1 rings (SSSR count). The molecule has 1 heterocycles. The highest BCUT2D eigenvalue weighted by molar-refractivity contribution is 6.29. The molecule has 0 atom stereocenters. The summed E-state index contributed by atoms with van der Waals surface area (Å²) in [6.45, 7) is 2.08. The lowest BCUT2D eigenvalue weighted by Gasteiger charge is -2.02. The zero-order valence-corrected chi connectivity index (χ0v) is 8.41. The van der Waals surface area contributed by atoms with Crippen LogP contribution < -0.4 is 5.73 Å². The number of aromatic nitrogens is 2. The van der Waals surface area contributed by atoms with Crippen molar-refractivity contribution in [2.24, 2.45) is 0 Å². The SMILES string of the molecule is CCOC(=O)Cc1cc(Cl)nc(N)n1. The Morgan fingerprint density at radius 3 is 2.93 bits per heavy atom. The van der Waals surface area contributed by atoms with E-state index in [0.717, 1.165) is 0 Å². The Kier molecular flexibility index (Phi) is 3.64. The summed E-state index contributed by atoms with van der Waals surface area (Å²) in [6, 6.07) is 1.48. The summed E-state index contributed by atoms with van der Waals surface area (Å²) in [5.74, 6) is -0.307. The summed E-state index contributed by atoms with van der Waals surface area (Å²) in [7, 11) is 0. The topological polar surface area (TPSA) is 78.1 Å². The lowest BCUT2D eigenvalue weighted by atomic mass is 10.3. The van der Waals surface area contributed by atoms with Gasteiger partial charge in [-0.05, 0) is 13.0 Å². The monoisotopic (exact) mass is 215 g/mol. The number of hydrogen-bond acceptors (Lipinski definition) is 5. The lowest BCUT2D eigenvalue weighted by molar-refractivity contribution is -0.142. The fraction of sp³-hybridized carbons (Fsp3) is 0.375. The predicted octanol–water partition coefficient (Wildman–Crippen LogP) is 0.818. The highest BCUT2D eigenvalue weighted by Gasteiger charge is 2.07. The molecule has 0 unspecified atom stereocenters. The Morgan fingerprint density at radius 2 is 2.36 bits per heavy atom. The number of ether oxygens (including phenoxy) is 1. The van der Waals surface area contributed by atoms with Crippen LogP contribution in [-0.4, -0.2) is 22.5 Å². The van der Waals surface area contributed by atoms with Crippen LogP contribution >= 0.6 is 11.6 Å². The average Bonchev–Trinajstić information content (AvgIpc) is 2.01. The molecule has 0 spiro atoms. The first-order valence-corrected chi connectivity index (χ1v) is 4.44. The zero-order valence-electron chi connectivity index (χ0n) is 7.66. The summed E-state index contributed by atoms with van der Waals surface area (Å²) < 4.78 is 4.74. The van der Waals surface area contributed by atoms with Gasteiger partial charge in [0.05, 0.1) is 18.7 Å². The van der Waals surface area contributed by atoms with Crippen molar-refractivity contribution < 1.29 is 9.53 Å². The molecule has 0 saturated carbocycles. The van der Waals surface area contributed by atoms with Crippen LogP contribution in [0.3, 0.4) is 0 Å². The fourth-order valence-electron chi connectivity index (χ4n) is 0.934. The highest BCUT2D eigenvalue weighted by atomic mass is 35.5. The second kappa shape index (κ2) is 4.76. The van der Waals surface area contributed by atoms with E-state index < -0.39 is 0 Å². The maximum atomic E-state index is 11.1. The third-order valence-corrected chi connectivity index (χ3v) is 1.59. The Bertz CT molecular complexity index is 323. The standard InChI is InChI=1S/C8H10ClN3O2/c1-2-14-7(13)4-5-3-6(9)12-8(10)11-5/h3H,2,4H2,1H3,(H2,10,11,12). The van der Waals surface area contributed by atoms with Crippen LogP contribution in [0.15, 0.2) is 6.07 Å². The molecule has 2 N–H and O–H groups in total. The second-order valence-corrected chi connectivity index (χ2v) is 2.91. The first-order chi connectivity index (χ1) is 6.61. The van der Waals surface area contributed by atoms with Gasteiger partial charge in [-0.2, -0.15) is 0 Å². The molecule has 1 aromatic rings. The molecule has 76 valence electrons. The van der Waals surface area contributed by atoms with E-state index in [1.807, 2.05) is 0 Å². The molecule has 0 fully saturated rings. The fourth-order valence-corrected chi connectivity index (χ4v) is 1.15. The van der Waals surface area contributed by atoms with Crippen molar-refractivity contribution in [1.29, 1.82) is 0 Å². The van der Waals surface area contributed by atoms with E-state index in [-0.39, 0.29) is 23.5 Å². The first-order valence-electron chi connectivity index (χ1n) is 4.06. The van der Waals surface area contributed by atoms with Crippen molar-refractivity contribution in [3.05, 3.63) is 16.9 Å². The van der Waals surface area contributed by atoms with Crippen LogP contribution in [0.2, 0.25) is 5.15 Å². The van der Waals surface area contributed by atoms with Crippen molar-refractivity contribution >= 4 is 23.5 Å². The van der Waals surface area contributed by atoms with E-state index >= 15 is 0 Å². The van der Waals surface area contributed by atoms with Gasteiger partial charge < -0.3 is 10.5 Å². The normalized spacial score (nSPS) is 9.86. The lowest BCUT2D eigenvalue weighted by Crippen LogP contribution is -2.10. The van der Waals surface area contributed by atoms with Crippen molar-refractivity contribution in [3.63, 3.8) is 0 Å². The van der Waals surface area contributed by atoms with Gasteiger partial charge in [0, 0.05) is 0 Å². The maximum absolute atomic E-state index is 11.1. The van der Waals surface area contributed by atoms with E-state index in [1.54, 1.807) is 6.92 Å². The van der Waals surface area contributed by atoms with Gasteiger partial charge in [0.15, 0.2) is 0 Å². The van der Waals surface area contributed by atoms with Gasteiger partial charge in [-0.3, -0.25) is 4.79 Å². The number of hydrogen-bond donors (Lipinski definition) is 1. The average molecular weight is 216 g/mol. The molecule has 1 aromatic heterocycles. The largest absolute Gasteiger partial charge is 0.466 e. The number of halogens is 1. The summed E-state index contributed by atoms with van der Waals surface area (Å²) >= 11 is 5.63. The van der Waals surface area contributed by atoms with Crippen LogP contribution in [0.25, 0.3) is 0 Å². The number of nitrogens with zero attached hydrogens (tertiary/aromatic N) is 2. The Hall–Kier alpha value is -1.36. The number of nitrogens with two attached hydrogens (primary N) is 1. The van der Waals surface area contributed by atoms with Gasteiger partial charge in [0.2, 0.25) is 5.95 Å². The van der Waals surface area contributed by atoms with E-state index in [4.69, 9.17) is 22.1 Å². The van der Waals surface area contributed by atoms with Crippen LogP contribution in [0.5, 0.6) is 0 Å². The predicted molar refractivity (Wildman–Crippen MR) is 51.8 cm³/mol. The Labute approximate surface area is 86.2 Å². The van der Waals surface area contributed by atoms with Crippen LogP contribution in [0, 0.1) is 0 Å². The van der Waals surface area contributed by atoms with Crippen molar-refractivity contribution in [2.45, 2.75) is 13.3 Å². The van der Waals surface area contributed by atoms with Crippen molar-refractivity contribution in [2.75, 3.05) is 12.3 Å². The van der Waals surface area contributed by atoms with E-state index in [1.165, 1.54) is 6.07 Å². The van der Waals surface area contributed by atoms with Gasteiger partial charge in [-0.1, -0.05) is 11.6 Å². The van der Waals surface area contributed by atoms with Crippen molar-refractivity contribution in [1.82, 2.24) is 9.97 Å². The molecular weight excluding hydrogens is 206 g/mol. The molecule has 14 heavy (non-hydrogen) atoms. The van der Waals surface area contributed by atoms with Crippen molar-refractivity contribution in [3.8, 4) is 0 Å². The molecule has 0 aromatic carbocycles. The third-order valence-electron chi connectivity index (χ3n) is 1.40. The molecule has 0 aliphatic rings. The highest BCUT2D eigenvalue weighted by Crippen LogP contribution is 2.09. The van der Waals surface area contributed by atoms with Gasteiger partial charge >= 0.3 is 5.97 Å². The Balaban J connectivity index is 2.71. The minimum atomic E-state index is -0.360. The molecule has 0 radical (unpaired) electrons. The molecule has 0 aliphatic carbocycles. The number of anilines is 1. The second-order valence-electron chi connectivity index (χ2n) is 2.52. The van der Waals surface area contributed by atoms with Gasteiger partial charge in [-0.15, -0.1) is 0 Å². The van der Waals surface area contributed by atoms with E-state index in [0.29, 0.717) is 12.3 Å². The number of carbonyl (C=O) groups excluding carboxylic acids is 1. The molecule has 6 heteroatoms. The minimum Gasteiger partial charge on any atom is -0.466 e. The smallest absolute Gasteiger partial charge is 0.311 e. The van der Waals surface area contributed by atoms with Gasteiger partial charge in [0.1, 0.15) is 5.15 Å². The Morgan fingerprint density at radius 1 is 1.64 bits per heavy atom. The molecule has 5 nitrogen and oxygen atoms in total. The van der Waals surface area contributed by atoms with Crippen LogP contribution in [0.4, 0.5) is 5.95 Å². The molecule has 0 saturated heterocycles. The summed E-state index contributed by atoms with van der Waals surface area (Å²) in [5, 5.41) is 0.219. The summed E-state index contributed by atoms with van der Waals surface area (Å²) in [5.41, 5.74) is 5.81. The zero-order chi connectivity index (χ0) is 10.6. The third kappa shape index (κ3) is 3.18. The summed E-state index contributed by atoms with van der Waals surface area (Å²) in [6.07, 6.45) is 0.0558. The summed E-state index contributed by atoms with van der Waals surface area (Å²) in [4.78, 5) is 18.6. The quantitative estimate of drug-likeness (QED) is 0.597. The van der Waals surface area contributed by atoms with Crippen LogP contribution in [-0.2, 0) is 16.0 Å².